The third kappa shape index (κ3) is 2.78. The summed E-state index contributed by atoms with van der Waals surface area (Å²) in [5.41, 5.74) is 7.19. The van der Waals surface area contributed by atoms with Crippen molar-refractivity contribution in [2.24, 2.45) is 5.73 Å². The largest absolute Gasteiger partial charge is 0.318 e. The van der Waals surface area contributed by atoms with Crippen molar-refractivity contribution in [3.05, 3.63) is 31.1 Å². The lowest BCUT2D eigenvalue weighted by molar-refractivity contribution is 0.545. The second-order valence-electron chi connectivity index (χ2n) is 3.63. The molecule has 2 aromatic heterocycles. The number of thiophene rings is 1. The number of nitrogens with two attached hydrogens (primary N) is 1. The van der Waals surface area contributed by atoms with Crippen LogP contribution in [0.15, 0.2) is 20.5 Å². The molecule has 0 saturated heterocycles. The van der Waals surface area contributed by atoms with Gasteiger partial charge in [0.15, 0.2) is 0 Å². The summed E-state index contributed by atoms with van der Waals surface area (Å²) in [6.07, 6.45) is 2.75. The molecule has 0 saturated carbocycles. The van der Waals surface area contributed by atoms with E-state index in [1.54, 1.807) is 17.5 Å². The van der Waals surface area contributed by atoms with Crippen molar-refractivity contribution in [2.75, 3.05) is 0 Å². The van der Waals surface area contributed by atoms with E-state index in [-0.39, 0.29) is 6.04 Å². The van der Waals surface area contributed by atoms with E-state index >= 15 is 0 Å². The maximum Gasteiger partial charge on any atom is 0.0843 e. The van der Waals surface area contributed by atoms with Gasteiger partial charge in [-0.15, -0.1) is 16.4 Å². The predicted octanol–water partition coefficient (Wildman–Crippen LogP) is 3.32. The van der Waals surface area contributed by atoms with Gasteiger partial charge in [-0.3, -0.25) is 0 Å². The average Bonchev–Trinajstić information content (AvgIpc) is 2.87. The fourth-order valence-electron chi connectivity index (χ4n) is 1.55. The molecule has 4 nitrogen and oxygen atoms in total. The van der Waals surface area contributed by atoms with E-state index in [9.17, 15) is 0 Å². The number of hydrogen-bond acceptors (Lipinski definition) is 4. The van der Waals surface area contributed by atoms with Gasteiger partial charge in [0.25, 0.3) is 0 Å². The Morgan fingerprint density at radius 2 is 2.29 bits per heavy atom. The second-order valence-corrected chi connectivity index (χ2v) is 6.89. The molecule has 0 aromatic carbocycles. The minimum Gasteiger partial charge on any atom is -0.318 e. The van der Waals surface area contributed by atoms with E-state index < -0.39 is 0 Å². The molecule has 0 aliphatic rings. The van der Waals surface area contributed by atoms with Crippen LogP contribution in [0, 0.1) is 0 Å². The maximum atomic E-state index is 6.24. The van der Waals surface area contributed by atoms with Crippen molar-refractivity contribution in [3.63, 3.8) is 0 Å². The van der Waals surface area contributed by atoms with Gasteiger partial charge in [-0.2, -0.15) is 0 Å². The second kappa shape index (κ2) is 5.60. The van der Waals surface area contributed by atoms with Crippen LogP contribution < -0.4 is 5.73 Å². The zero-order chi connectivity index (χ0) is 12.4. The van der Waals surface area contributed by atoms with Gasteiger partial charge >= 0.3 is 0 Å². The molecule has 2 rings (SSSR count). The van der Waals surface area contributed by atoms with E-state index in [0.717, 1.165) is 31.8 Å². The lowest BCUT2D eigenvalue weighted by Gasteiger charge is -2.10. The van der Waals surface area contributed by atoms with Crippen LogP contribution in [0.2, 0.25) is 0 Å². The van der Waals surface area contributed by atoms with Crippen LogP contribution in [0.5, 0.6) is 0 Å². The highest BCUT2D eigenvalue weighted by molar-refractivity contribution is 9.13. The summed E-state index contributed by atoms with van der Waals surface area (Å²) in [6, 6.07) is 1.85. The molecule has 0 amide bonds. The molecular weight excluding hydrogens is 368 g/mol. The standard InChI is InChI=1S/C10H12Br2N4S/c1-2-3-16-7(5-14-15-16)9(13)8-4-6(11)10(12)17-8/h4-5,9H,2-3,13H2,1H3. The summed E-state index contributed by atoms with van der Waals surface area (Å²) in [6.45, 7) is 2.95. The Hall–Kier alpha value is -0.240. The van der Waals surface area contributed by atoms with Gasteiger partial charge in [0.05, 0.1) is 21.7 Å². The SMILES string of the molecule is CCCn1nncc1C(N)c1cc(Br)c(Br)s1. The molecule has 0 spiro atoms. The van der Waals surface area contributed by atoms with Crippen molar-refractivity contribution in [2.45, 2.75) is 25.9 Å². The first-order valence-corrected chi connectivity index (χ1v) is 7.62. The Balaban J connectivity index is 2.29. The summed E-state index contributed by atoms with van der Waals surface area (Å²) >= 11 is 8.57. The molecule has 0 aliphatic heterocycles. The summed E-state index contributed by atoms with van der Waals surface area (Å²) < 4.78 is 3.95. The van der Waals surface area contributed by atoms with Crippen LogP contribution in [0.1, 0.15) is 30.0 Å². The van der Waals surface area contributed by atoms with Crippen molar-refractivity contribution in [1.29, 1.82) is 0 Å². The van der Waals surface area contributed by atoms with E-state index in [1.165, 1.54) is 0 Å². The molecule has 2 N–H and O–H groups in total. The van der Waals surface area contributed by atoms with Gasteiger partial charge in [-0.25, -0.2) is 4.68 Å². The van der Waals surface area contributed by atoms with E-state index in [4.69, 9.17) is 5.73 Å². The van der Waals surface area contributed by atoms with Crippen LogP contribution in [-0.4, -0.2) is 15.0 Å². The molecular formula is C10H12Br2N4S. The van der Waals surface area contributed by atoms with Gasteiger partial charge in [0, 0.05) is 15.9 Å². The van der Waals surface area contributed by atoms with Gasteiger partial charge in [-0.1, -0.05) is 12.1 Å². The molecule has 1 unspecified atom stereocenters. The average molecular weight is 380 g/mol. The topological polar surface area (TPSA) is 56.7 Å². The lowest BCUT2D eigenvalue weighted by atomic mass is 10.2. The minimum atomic E-state index is -0.177. The highest BCUT2D eigenvalue weighted by Gasteiger charge is 2.18. The van der Waals surface area contributed by atoms with Crippen molar-refractivity contribution in [1.82, 2.24) is 15.0 Å². The molecule has 0 aliphatic carbocycles. The predicted molar refractivity (Wildman–Crippen MR) is 76.1 cm³/mol. The zero-order valence-electron chi connectivity index (χ0n) is 9.23. The van der Waals surface area contributed by atoms with Gasteiger partial charge < -0.3 is 5.73 Å². The minimum absolute atomic E-state index is 0.177. The van der Waals surface area contributed by atoms with Gasteiger partial charge in [0.2, 0.25) is 0 Å². The molecule has 92 valence electrons. The van der Waals surface area contributed by atoms with Crippen LogP contribution >= 0.6 is 43.2 Å². The maximum absolute atomic E-state index is 6.24. The lowest BCUT2D eigenvalue weighted by Crippen LogP contribution is -2.16. The van der Waals surface area contributed by atoms with E-state index in [2.05, 4.69) is 49.1 Å². The summed E-state index contributed by atoms with van der Waals surface area (Å²) in [5.74, 6) is 0. The first kappa shape index (κ1) is 13.2. The van der Waals surface area contributed by atoms with Gasteiger partial charge in [0.1, 0.15) is 0 Å². The van der Waals surface area contributed by atoms with Crippen LogP contribution in [-0.2, 0) is 6.54 Å². The van der Waals surface area contributed by atoms with Crippen LogP contribution in [0.4, 0.5) is 0 Å². The fourth-order valence-corrected chi connectivity index (χ4v) is 3.66. The molecule has 7 heteroatoms. The molecule has 2 heterocycles. The summed E-state index contributed by atoms with van der Waals surface area (Å²) in [7, 11) is 0. The highest BCUT2D eigenvalue weighted by Crippen LogP contribution is 2.36. The number of hydrogen-bond donors (Lipinski definition) is 1. The van der Waals surface area contributed by atoms with E-state index in [1.807, 2.05) is 10.7 Å². The molecule has 17 heavy (non-hydrogen) atoms. The number of halogens is 2. The Labute approximate surface area is 120 Å². The van der Waals surface area contributed by atoms with Crippen LogP contribution in [0.3, 0.4) is 0 Å². The Morgan fingerprint density at radius 3 is 2.88 bits per heavy atom. The molecule has 0 bridgehead atoms. The molecule has 0 radical (unpaired) electrons. The van der Waals surface area contributed by atoms with Crippen molar-refractivity contribution in [3.8, 4) is 0 Å². The number of aromatic nitrogens is 3. The van der Waals surface area contributed by atoms with Crippen molar-refractivity contribution >= 4 is 43.2 Å². The first-order valence-electron chi connectivity index (χ1n) is 5.22. The third-order valence-electron chi connectivity index (χ3n) is 2.37. The normalized spacial score (nSPS) is 12.9. The highest BCUT2D eigenvalue weighted by atomic mass is 79.9. The Kier molecular flexibility index (Phi) is 4.35. The molecule has 2 aromatic rings. The van der Waals surface area contributed by atoms with Gasteiger partial charge in [-0.05, 0) is 44.3 Å². The van der Waals surface area contributed by atoms with Crippen LogP contribution in [0.25, 0.3) is 0 Å². The number of nitrogens with zero attached hydrogens (tertiary/aromatic N) is 3. The summed E-state index contributed by atoms with van der Waals surface area (Å²) in [4.78, 5) is 1.09. The van der Waals surface area contributed by atoms with E-state index in [0.29, 0.717) is 0 Å². The Morgan fingerprint density at radius 1 is 1.53 bits per heavy atom. The first-order chi connectivity index (χ1) is 8.13. The molecule has 0 fully saturated rings. The quantitative estimate of drug-likeness (QED) is 0.886. The summed E-state index contributed by atoms with van der Waals surface area (Å²) in [5, 5.41) is 7.98. The Bertz CT molecular complexity index is 489. The molecule has 1 atom stereocenters. The third-order valence-corrected chi connectivity index (χ3v) is 5.71. The van der Waals surface area contributed by atoms with Crippen molar-refractivity contribution < 1.29 is 0 Å². The zero-order valence-corrected chi connectivity index (χ0v) is 13.2. The smallest absolute Gasteiger partial charge is 0.0843 e. The number of aryl methyl sites for hydroxylation is 1. The monoisotopic (exact) mass is 378 g/mol. The fraction of sp³-hybridized carbons (Fsp3) is 0.400. The number of rotatable bonds is 4.